The second-order valence-corrected chi connectivity index (χ2v) is 5.39. The Morgan fingerprint density at radius 3 is 2.36 bits per heavy atom. The van der Waals surface area contributed by atoms with Gasteiger partial charge < -0.3 is 10.0 Å². The van der Waals surface area contributed by atoms with Crippen molar-refractivity contribution in [3.8, 4) is 0 Å². The fourth-order valence-electron chi connectivity index (χ4n) is 3.93. The second-order valence-electron chi connectivity index (χ2n) is 5.39. The highest BCUT2D eigenvalue weighted by atomic mass is 16.3. The standard InChI is InChI=1S/C12H21NO/c14-12-9-4-5-10(12)11(8-9)13-6-2-1-3-7-13/h9-12,14H,1-8H2. The summed E-state index contributed by atoms with van der Waals surface area (Å²) in [6.07, 6.45) is 8.07. The summed E-state index contributed by atoms with van der Waals surface area (Å²) in [6.45, 7) is 2.58. The second kappa shape index (κ2) is 3.49. The summed E-state index contributed by atoms with van der Waals surface area (Å²) >= 11 is 0. The first-order valence-corrected chi connectivity index (χ1v) is 6.28. The van der Waals surface area contributed by atoms with Gasteiger partial charge in [0.05, 0.1) is 6.10 Å². The number of rotatable bonds is 1. The van der Waals surface area contributed by atoms with Crippen LogP contribution >= 0.6 is 0 Å². The van der Waals surface area contributed by atoms with Gasteiger partial charge in [-0.05, 0) is 51.1 Å². The molecule has 2 heteroatoms. The maximum atomic E-state index is 10.0. The van der Waals surface area contributed by atoms with Crippen LogP contribution in [0.3, 0.4) is 0 Å². The van der Waals surface area contributed by atoms with E-state index in [1.165, 1.54) is 51.6 Å². The molecule has 1 N–H and O–H groups in total. The Bertz CT molecular complexity index is 212. The lowest BCUT2D eigenvalue weighted by Gasteiger charge is -2.36. The van der Waals surface area contributed by atoms with E-state index in [1.54, 1.807) is 0 Å². The van der Waals surface area contributed by atoms with Crippen LogP contribution in [-0.4, -0.2) is 35.2 Å². The van der Waals surface area contributed by atoms with Crippen molar-refractivity contribution in [3.63, 3.8) is 0 Å². The van der Waals surface area contributed by atoms with Gasteiger partial charge in [0, 0.05) is 12.0 Å². The van der Waals surface area contributed by atoms with Crippen LogP contribution in [0, 0.1) is 11.8 Å². The summed E-state index contributed by atoms with van der Waals surface area (Å²) in [5, 5.41) is 10.0. The van der Waals surface area contributed by atoms with Gasteiger partial charge in [-0.3, -0.25) is 0 Å². The Labute approximate surface area is 86.3 Å². The fourth-order valence-corrected chi connectivity index (χ4v) is 3.93. The normalized spacial score (nSPS) is 48.6. The van der Waals surface area contributed by atoms with E-state index >= 15 is 0 Å². The van der Waals surface area contributed by atoms with Crippen molar-refractivity contribution in [2.45, 2.75) is 50.7 Å². The third kappa shape index (κ3) is 1.31. The summed E-state index contributed by atoms with van der Waals surface area (Å²) < 4.78 is 0. The summed E-state index contributed by atoms with van der Waals surface area (Å²) in [7, 11) is 0. The van der Waals surface area contributed by atoms with Gasteiger partial charge in [-0.1, -0.05) is 6.42 Å². The third-order valence-corrected chi connectivity index (χ3v) is 4.69. The third-order valence-electron chi connectivity index (χ3n) is 4.69. The molecule has 80 valence electrons. The zero-order chi connectivity index (χ0) is 9.54. The molecule has 2 aliphatic carbocycles. The van der Waals surface area contributed by atoms with Crippen LogP contribution in [0.15, 0.2) is 0 Å². The Balaban J connectivity index is 1.68. The molecule has 2 bridgehead atoms. The van der Waals surface area contributed by atoms with Gasteiger partial charge in [-0.2, -0.15) is 0 Å². The Morgan fingerprint density at radius 1 is 1.00 bits per heavy atom. The zero-order valence-corrected chi connectivity index (χ0v) is 8.86. The van der Waals surface area contributed by atoms with Gasteiger partial charge in [0.15, 0.2) is 0 Å². The summed E-state index contributed by atoms with van der Waals surface area (Å²) in [5.74, 6) is 1.27. The molecule has 0 aromatic rings. The van der Waals surface area contributed by atoms with Crippen LogP contribution < -0.4 is 0 Å². The van der Waals surface area contributed by atoms with Crippen molar-refractivity contribution in [1.82, 2.24) is 4.90 Å². The minimum atomic E-state index is 0.0435. The molecule has 4 atom stereocenters. The number of fused-ring (bicyclic) bond motifs is 2. The van der Waals surface area contributed by atoms with Crippen LogP contribution in [0.1, 0.15) is 38.5 Å². The molecule has 0 radical (unpaired) electrons. The number of hydrogen-bond donors (Lipinski definition) is 1. The van der Waals surface area contributed by atoms with Crippen molar-refractivity contribution in [3.05, 3.63) is 0 Å². The Morgan fingerprint density at radius 2 is 1.79 bits per heavy atom. The van der Waals surface area contributed by atoms with Crippen LogP contribution in [0.25, 0.3) is 0 Å². The number of piperidine rings is 1. The molecule has 0 aromatic heterocycles. The van der Waals surface area contributed by atoms with E-state index in [4.69, 9.17) is 0 Å². The van der Waals surface area contributed by atoms with Crippen LogP contribution in [0.4, 0.5) is 0 Å². The molecule has 3 aliphatic rings. The van der Waals surface area contributed by atoms with Crippen molar-refractivity contribution >= 4 is 0 Å². The van der Waals surface area contributed by atoms with E-state index < -0.39 is 0 Å². The summed E-state index contributed by atoms with van der Waals surface area (Å²) in [4.78, 5) is 2.66. The van der Waals surface area contributed by atoms with Crippen LogP contribution in [0.2, 0.25) is 0 Å². The number of aliphatic hydroxyl groups is 1. The zero-order valence-electron chi connectivity index (χ0n) is 8.86. The summed E-state index contributed by atoms with van der Waals surface area (Å²) in [5.41, 5.74) is 0. The smallest absolute Gasteiger partial charge is 0.0612 e. The molecule has 2 saturated carbocycles. The number of nitrogens with zero attached hydrogens (tertiary/aromatic N) is 1. The molecule has 3 fully saturated rings. The number of likely N-dealkylation sites (tertiary alicyclic amines) is 1. The highest BCUT2D eigenvalue weighted by Crippen LogP contribution is 2.47. The van der Waals surface area contributed by atoms with Crippen LogP contribution in [-0.2, 0) is 0 Å². The average Bonchev–Trinajstić information content (AvgIpc) is 2.76. The largest absolute Gasteiger partial charge is 0.392 e. The van der Waals surface area contributed by atoms with Gasteiger partial charge in [0.1, 0.15) is 0 Å². The van der Waals surface area contributed by atoms with Crippen molar-refractivity contribution in [1.29, 1.82) is 0 Å². The van der Waals surface area contributed by atoms with Crippen LogP contribution in [0.5, 0.6) is 0 Å². The maximum absolute atomic E-state index is 10.0. The first-order chi connectivity index (χ1) is 6.86. The fraction of sp³-hybridized carbons (Fsp3) is 1.00. The molecule has 4 unspecified atom stereocenters. The Hall–Kier alpha value is -0.0800. The van der Waals surface area contributed by atoms with Crippen molar-refractivity contribution in [2.75, 3.05) is 13.1 Å². The van der Waals surface area contributed by atoms with Gasteiger partial charge in [-0.25, -0.2) is 0 Å². The molecule has 1 saturated heterocycles. The first-order valence-electron chi connectivity index (χ1n) is 6.28. The molecule has 14 heavy (non-hydrogen) atoms. The SMILES string of the molecule is OC1C2CCC1C(N1CCCCC1)C2. The number of aliphatic hydroxyl groups excluding tert-OH is 1. The minimum absolute atomic E-state index is 0.0435. The van der Waals surface area contributed by atoms with E-state index in [9.17, 15) is 5.11 Å². The Kier molecular flexibility index (Phi) is 2.29. The lowest BCUT2D eigenvalue weighted by Crippen LogP contribution is -2.43. The van der Waals surface area contributed by atoms with Crippen molar-refractivity contribution in [2.24, 2.45) is 11.8 Å². The predicted molar refractivity (Wildman–Crippen MR) is 56.0 cm³/mol. The monoisotopic (exact) mass is 195 g/mol. The minimum Gasteiger partial charge on any atom is -0.392 e. The lowest BCUT2D eigenvalue weighted by molar-refractivity contribution is 0.0831. The molecular weight excluding hydrogens is 174 g/mol. The topological polar surface area (TPSA) is 23.5 Å². The molecular formula is C12H21NO. The molecule has 1 aliphatic heterocycles. The van der Waals surface area contributed by atoms with E-state index in [-0.39, 0.29) is 6.10 Å². The molecule has 1 heterocycles. The highest BCUT2D eigenvalue weighted by Gasteiger charge is 2.49. The molecule has 2 nitrogen and oxygen atoms in total. The number of hydrogen-bond acceptors (Lipinski definition) is 2. The van der Waals surface area contributed by atoms with E-state index in [0.717, 1.165) is 6.04 Å². The maximum Gasteiger partial charge on any atom is 0.0612 e. The van der Waals surface area contributed by atoms with E-state index in [0.29, 0.717) is 11.8 Å². The van der Waals surface area contributed by atoms with E-state index in [1.807, 2.05) is 0 Å². The van der Waals surface area contributed by atoms with E-state index in [2.05, 4.69) is 4.90 Å². The van der Waals surface area contributed by atoms with Gasteiger partial charge >= 0.3 is 0 Å². The van der Waals surface area contributed by atoms with Gasteiger partial charge in [0.2, 0.25) is 0 Å². The molecule has 3 rings (SSSR count). The highest BCUT2D eigenvalue weighted by molar-refractivity contribution is 5.01. The average molecular weight is 195 g/mol. The molecule has 0 spiro atoms. The predicted octanol–water partition coefficient (Wildman–Crippen LogP) is 1.63. The van der Waals surface area contributed by atoms with Crippen molar-refractivity contribution < 1.29 is 5.11 Å². The molecule has 0 amide bonds. The quantitative estimate of drug-likeness (QED) is 0.687. The molecule has 0 aromatic carbocycles. The lowest BCUT2D eigenvalue weighted by atomic mass is 9.92. The van der Waals surface area contributed by atoms with Gasteiger partial charge in [-0.15, -0.1) is 0 Å². The first kappa shape index (κ1) is 9.17. The summed E-state index contributed by atoms with van der Waals surface area (Å²) in [6, 6.07) is 0.740. The van der Waals surface area contributed by atoms with Gasteiger partial charge in [0.25, 0.3) is 0 Å².